The molecular weight excluding hydrogens is 154 g/mol. The summed E-state index contributed by atoms with van der Waals surface area (Å²) in [6.07, 6.45) is 7.68. The van der Waals surface area contributed by atoms with Gasteiger partial charge in [0.05, 0.1) is 0 Å². The van der Waals surface area contributed by atoms with Gasteiger partial charge < -0.3 is 0 Å². The van der Waals surface area contributed by atoms with Gasteiger partial charge in [-0.1, -0.05) is 25.7 Å². The zero-order valence-corrected chi connectivity index (χ0v) is 7.08. The standard InChI is InChI=1S/C9H13NO2/c11-7-10-9(12)8-5-3-1-2-4-6-8/h8H,1-6H2. The molecule has 1 saturated carbocycles. The van der Waals surface area contributed by atoms with Gasteiger partial charge in [0.15, 0.2) is 0 Å². The molecule has 0 aliphatic heterocycles. The highest BCUT2D eigenvalue weighted by Gasteiger charge is 2.19. The molecule has 1 fully saturated rings. The molecule has 0 spiro atoms. The van der Waals surface area contributed by atoms with Crippen molar-refractivity contribution in [3.05, 3.63) is 0 Å². The van der Waals surface area contributed by atoms with Gasteiger partial charge in [0.25, 0.3) is 5.91 Å². The summed E-state index contributed by atoms with van der Waals surface area (Å²) < 4.78 is 0. The van der Waals surface area contributed by atoms with E-state index < -0.39 is 0 Å². The second-order valence-corrected chi connectivity index (χ2v) is 3.23. The summed E-state index contributed by atoms with van der Waals surface area (Å²) in [6, 6.07) is 0. The minimum atomic E-state index is -0.271. The fraction of sp³-hybridized carbons (Fsp3) is 0.778. The van der Waals surface area contributed by atoms with Crippen LogP contribution in [-0.4, -0.2) is 12.0 Å². The van der Waals surface area contributed by atoms with E-state index in [-0.39, 0.29) is 11.8 Å². The van der Waals surface area contributed by atoms with E-state index in [1.165, 1.54) is 18.9 Å². The summed E-state index contributed by atoms with van der Waals surface area (Å²) in [6.45, 7) is 0. The largest absolute Gasteiger partial charge is 0.271 e. The Morgan fingerprint density at radius 3 is 2.25 bits per heavy atom. The van der Waals surface area contributed by atoms with Gasteiger partial charge in [-0.15, -0.1) is 4.99 Å². The van der Waals surface area contributed by atoms with Crippen LogP contribution in [0.1, 0.15) is 38.5 Å². The summed E-state index contributed by atoms with van der Waals surface area (Å²) >= 11 is 0. The third-order valence-corrected chi connectivity index (χ3v) is 2.36. The number of amides is 1. The third kappa shape index (κ3) is 2.59. The van der Waals surface area contributed by atoms with E-state index in [4.69, 9.17) is 0 Å². The molecular formula is C9H13NO2. The summed E-state index contributed by atoms with van der Waals surface area (Å²) in [4.78, 5) is 24.1. The molecule has 1 aliphatic carbocycles. The normalized spacial score (nSPS) is 19.3. The van der Waals surface area contributed by atoms with E-state index in [0.29, 0.717) is 0 Å². The van der Waals surface area contributed by atoms with Crippen LogP contribution in [0.2, 0.25) is 0 Å². The summed E-state index contributed by atoms with van der Waals surface area (Å²) in [5, 5.41) is 0. The zero-order chi connectivity index (χ0) is 8.81. The lowest BCUT2D eigenvalue weighted by molar-refractivity contribution is -0.121. The van der Waals surface area contributed by atoms with Crippen molar-refractivity contribution >= 4 is 12.0 Å². The first-order valence-electron chi connectivity index (χ1n) is 4.46. The maximum Gasteiger partial charge on any atom is 0.259 e. The van der Waals surface area contributed by atoms with Gasteiger partial charge >= 0.3 is 0 Å². The first kappa shape index (κ1) is 9.14. The van der Waals surface area contributed by atoms with Gasteiger partial charge in [-0.05, 0) is 12.8 Å². The maximum absolute atomic E-state index is 11.1. The highest BCUT2D eigenvalue weighted by atomic mass is 16.2. The Kier molecular flexibility index (Phi) is 3.68. The molecule has 0 aromatic heterocycles. The predicted molar refractivity (Wildman–Crippen MR) is 44.3 cm³/mol. The summed E-state index contributed by atoms with van der Waals surface area (Å²) in [7, 11) is 0. The van der Waals surface area contributed by atoms with Crippen LogP contribution < -0.4 is 0 Å². The van der Waals surface area contributed by atoms with Gasteiger partial charge in [0.1, 0.15) is 0 Å². The summed E-state index contributed by atoms with van der Waals surface area (Å²) in [5.74, 6) is -0.277. The molecule has 66 valence electrons. The van der Waals surface area contributed by atoms with Crippen LogP contribution in [-0.2, 0) is 9.59 Å². The molecule has 1 rings (SSSR count). The van der Waals surface area contributed by atoms with E-state index >= 15 is 0 Å². The quantitative estimate of drug-likeness (QED) is 0.339. The number of hydrogen-bond acceptors (Lipinski definition) is 2. The fourth-order valence-corrected chi connectivity index (χ4v) is 1.66. The van der Waals surface area contributed by atoms with E-state index in [1.54, 1.807) is 0 Å². The van der Waals surface area contributed by atoms with Crippen LogP contribution in [0.4, 0.5) is 0 Å². The molecule has 0 radical (unpaired) electrons. The van der Waals surface area contributed by atoms with E-state index in [0.717, 1.165) is 25.7 Å². The maximum atomic E-state index is 11.1. The Balaban J connectivity index is 2.48. The number of aliphatic imine (C=N–C) groups is 1. The van der Waals surface area contributed by atoms with Gasteiger partial charge in [-0.2, -0.15) is 0 Å². The molecule has 0 saturated heterocycles. The van der Waals surface area contributed by atoms with Crippen molar-refractivity contribution in [2.75, 3.05) is 0 Å². The van der Waals surface area contributed by atoms with Crippen LogP contribution in [0, 0.1) is 5.92 Å². The molecule has 3 nitrogen and oxygen atoms in total. The smallest absolute Gasteiger partial charge is 0.259 e. The second kappa shape index (κ2) is 4.83. The molecule has 0 heterocycles. The average Bonchev–Trinajstić information content (AvgIpc) is 2.32. The Morgan fingerprint density at radius 2 is 1.75 bits per heavy atom. The van der Waals surface area contributed by atoms with Gasteiger partial charge in [-0.3, -0.25) is 4.79 Å². The molecule has 3 heteroatoms. The number of isocyanates is 1. The molecule has 0 bridgehead atoms. The number of rotatable bonds is 1. The summed E-state index contributed by atoms with van der Waals surface area (Å²) in [5.41, 5.74) is 0. The zero-order valence-electron chi connectivity index (χ0n) is 7.08. The van der Waals surface area contributed by atoms with Crippen molar-refractivity contribution in [2.24, 2.45) is 10.9 Å². The lowest BCUT2D eigenvalue weighted by atomic mass is 10.00. The molecule has 1 aliphatic rings. The number of nitrogens with zero attached hydrogens (tertiary/aromatic N) is 1. The van der Waals surface area contributed by atoms with Crippen molar-refractivity contribution in [1.82, 2.24) is 0 Å². The Bertz CT molecular complexity index is 199. The first-order chi connectivity index (χ1) is 5.84. The SMILES string of the molecule is O=C=NC(=O)C1CCCCCC1. The molecule has 0 atom stereocenters. The van der Waals surface area contributed by atoms with E-state index in [1.807, 2.05) is 0 Å². The molecule has 0 N–H and O–H groups in total. The predicted octanol–water partition coefficient (Wildman–Crippen LogP) is 1.82. The highest BCUT2D eigenvalue weighted by Crippen LogP contribution is 2.23. The lowest BCUT2D eigenvalue weighted by Gasteiger charge is -2.06. The first-order valence-corrected chi connectivity index (χ1v) is 4.46. The monoisotopic (exact) mass is 167 g/mol. The van der Waals surface area contributed by atoms with Gasteiger partial charge in [-0.25, -0.2) is 4.79 Å². The van der Waals surface area contributed by atoms with Crippen LogP contribution in [0.5, 0.6) is 0 Å². The second-order valence-electron chi connectivity index (χ2n) is 3.23. The lowest BCUT2D eigenvalue weighted by Crippen LogP contribution is -2.10. The average molecular weight is 167 g/mol. The third-order valence-electron chi connectivity index (χ3n) is 2.36. The molecule has 0 aromatic carbocycles. The van der Waals surface area contributed by atoms with Crippen LogP contribution in [0.3, 0.4) is 0 Å². The Morgan fingerprint density at radius 1 is 1.17 bits per heavy atom. The van der Waals surface area contributed by atoms with Crippen LogP contribution in [0.25, 0.3) is 0 Å². The van der Waals surface area contributed by atoms with Gasteiger partial charge in [0, 0.05) is 5.92 Å². The topological polar surface area (TPSA) is 46.5 Å². The molecule has 1 amide bonds. The minimum absolute atomic E-state index is 0.00560. The number of hydrogen-bond donors (Lipinski definition) is 0. The molecule has 0 unspecified atom stereocenters. The minimum Gasteiger partial charge on any atom is -0.271 e. The van der Waals surface area contributed by atoms with Crippen molar-refractivity contribution in [3.63, 3.8) is 0 Å². The van der Waals surface area contributed by atoms with Crippen molar-refractivity contribution in [1.29, 1.82) is 0 Å². The van der Waals surface area contributed by atoms with Crippen LogP contribution >= 0.6 is 0 Å². The Hall–Kier alpha value is -0.950. The number of carbonyl (C=O) groups excluding carboxylic acids is 2. The van der Waals surface area contributed by atoms with Crippen LogP contribution in [0.15, 0.2) is 4.99 Å². The highest BCUT2D eigenvalue weighted by molar-refractivity contribution is 5.83. The van der Waals surface area contributed by atoms with Crippen molar-refractivity contribution in [3.8, 4) is 0 Å². The van der Waals surface area contributed by atoms with E-state index in [2.05, 4.69) is 4.99 Å². The fourth-order valence-electron chi connectivity index (χ4n) is 1.66. The van der Waals surface area contributed by atoms with Crippen molar-refractivity contribution in [2.45, 2.75) is 38.5 Å². The van der Waals surface area contributed by atoms with E-state index in [9.17, 15) is 9.59 Å². The Labute approximate surface area is 71.9 Å². The molecule has 12 heavy (non-hydrogen) atoms. The van der Waals surface area contributed by atoms with Gasteiger partial charge in [0.2, 0.25) is 6.08 Å². The molecule has 0 aromatic rings. The van der Waals surface area contributed by atoms with Crippen molar-refractivity contribution < 1.29 is 9.59 Å². The number of carbonyl (C=O) groups is 1.